The lowest BCUT2D eigenvalue weighted by Gasteiger charge is -2.36. The van der Waals surface area contributed by atoms with Crippen LogP contribution in [0.5, 0.6) is 0 Å². The Morgan fingerprint density at radius 1 is 1.00 bits per heavy atom. The third kappa shape index (κ3) is 6.49. The van der Waals surface area contributed by atoms with Crippen LogP contribution in [-0.2, 0) is 6.54 Å². The van der Waals surface area contributed by atoms with E-state index in [1.165, 1.54) is 28.2 Å². The molecule has 37 heavy (non-hydrogen) atoms. The van der Waals surface area contributed by atoms with Crippen LogP contribution in [0.2, 0.25) is 0 Å². The molecule has 0 spiro atoms. The lowest BCUT2D eigenvalue weighted by molar-refractivity contribution is 0.0741. The van der Waals surface area contributed by atoms with Crippen LogP contribution in [0, 0.1) is 6.92 Å². The molecular formula is C29H37N5O2S. The van der Waals surface area contributed by atoms with Crippen molar-refractivity contribution in [1.82, 2.24) is 14.8 Å². The Balaban J connectivity index is 1.35. The van der Waals surface area contributed by atoms with Crippen molar-refractivity contribution in [2.24, 2.45) is 0 Å². The molecule has 2 aromatic carbocycles. The zero-order valence-electron chi connectivity index (χ0n) is 22.4. The Kier molecular flexibility index (Phi) is 8.48. The number of nitrogens with one attached hydrogen (secondary N) is 1. The first-order valence-electron chi connectivity index (χ1n) is 12.9. The molecule has 4 rings (SSSR count). The highest BCUT2D eigenvalue weighted by Gasteiger charge is 2.26. The number of piperazine rings is 1. The normalized spacial score (nSPS) is 13.8. The van der Waals surface area contributed by atoms with E-state index in [0.29, 0.717) is 31.2 Å². The Hall–Kier alpha value is -3.39. The van der Waals surface area contributed by atoms with Crippen LogP contribution >= 0.6 is 11.3 Å². The van der Waals surface area contributed by atoms with E-state index in [1.807, 2.05) is 54.5 Å². The minimum atomic E-state index is -0.178. The van der Waals surface area contributed by atoms with Gasteiger partial charge in [0, 0.05) is 49.0 Å². The molecule has 0 saturated carbocycles. The number of amides is 3. The number of nitrogens with zero attached hydrogens (tertiary/aromatic N) is 4. The van der Waals surface area contributed by atoms with E-state index in [0.717, 1.165) is 23.8 Å². The van der Waals surface area contributed by atoms with Crippen LogP contribution in [0.3, 0.4) is 0 Å². The van der Waals surface area contributed by atoms with Crippen LogP contribution in [0.4, 0.5) is 16.2 Å². The number of anilines is 2. The van der Waals surface area contributed by atoms with E-state index in [2.05, 4.69) is 54.2 Å². The summed E-state index contributed by atoms with van der Waals surface area (Å²) in [6.07, 6.45) is 0. The van der Waals surface area contributed by atoms with Gasteiger partial charge in [0.25, 0.3) is 5.91 Å². The van der Waals surface area contributed by atoms with Crippen LogP contribution in [-0.4, -0.2) is 58.9 Å². The number of hydrogen-bond acceptors (Lipinski definition) is 5. The fraction of sp³-hybridized carbons (Fsp3) is 0.414. The van der Waals surface area contributed by atoms with Gasteiger partial charge in [-0.3, -0.25) is 4.79 Å². The Labute approximate surface area is 224 Å². The summed E-state index contributed by atoms with van der Waals surface area (Å²) >= 11 is 1.43. The van der Waals surface area contributed by atoms with E-state index in [-0.39, 0.29) is 18.0 Å². The summed E-state index contributed by atoms with van der Waals surface area (Å²) in [6, 6.07) is 16.1. The Morgan fingerprint density at radius 2 is 1.68 bits per heavy atom. The van der Waals surface area contributed by atoms with Gasteiger partial charge in [-0.25, -0.2) is 9.78 Å². The molecular weight excluding hydrogens is 482 g/mol. The smallest absolute Gasteiger partial charge is 0.322 e. The average molecular weight is 520 g/mol. The van der Waals surface area contributed by atoms with Crippen molar-refractivity contribution in [3.63, 3.8) is 0 Å². The van der Waals surface area contributed by atoms with Crippen molar-refractivity contribution < 1.29 is 9.59 Å². The number of benzene rings is 2. The number of aryl methyl sites for hydroxylation is 1. The van der Waals surface area contributed by atoms with Gasteiger partial charge < -0.3 is 20.0 Å². The van der Waals surface area contributed by atoms with Crippen molar-refractivity contribution in [2.45, 2.75) is 53.1 Å². The molecule has 0 unspecified atom stereocenters. The largest absolute Gasteiger partial charge is 0.368 e. The zero-order chi connectivity index (χ0) is 26.5. The summed E-state index contributed by atoms with van der Waals surface area (Å²) in [5, 5.41) is 5.56. The van der Waals surface area contributed by atoms with Crippen molar-refractivity contribution in [1.29, 1.82) is 0 Å². The van der Waals surface area contributed by atoms with Crippen LogP contribution < -0.4 is 10.2 Å². The monoisotopic (exact) mass is 519 g/mol. The van der Waals surface area contributed by atoms with Gasteiger partial charge in [0.1, 0.15) is 10.7 Å². The van der Waals surface area contributed by atoms with Crippen LogP contribution in [0.15, 0.2) is 53.9 Å². The first kappa shape index (κ1) is 26.7. The number of hydrogen-bond donors (Lipinski definition) is 1. The second-order valence-electron chi connectivity index (χ2n) is 10.1. The molecule has 8 heteroatoms. The standard InChI is InChI=1S/C29H37N5O2S/c1-20(2)23-10-12-24(13-11-23)30-29(36)34(21(3)4)18-27-31-25(19-37-27)28(35)33-16-14-32(15-17-33)26-9-7-6-8-22(26)5/h6-13,19-21H,14-18H2,1-5H3,(H,30,36). The highest BCUT2D eigenvalue weighted by atomic mass is 32.1. The van der Waals surface area contributed by atoms with E-state index in [9.17, 15) is 9.59 Å². The van der Waals surface area contributed by atoms with E-state index >= 15 is 0 Å². The molecule has 1 saturated heterocycles. The highest BCUT2D eigenvalue weighted by molar-refractivity contribution is 7.09. The van der Waals surface area contributed by atoms with Gasteiger partial charge in [-0.15, -0.1) is 11.3 Å². The molecule has 1 aromatic heterocycles. The fourth-order valence-corrected chi connectivity index (χ4v) is 5.26. The number of rotatable bonds is 7. The molecule has 0 aliphatic carbocycles. The topological polar surface area (TPSA) is 68.8 Å². The number of carbonyl (C=O) groups is 2. The number of aromatic nitrogens is 1. The van der Waals surface area contributed by atoms with Gasteiger partial charge in [0.05, 0.1) is 6.54 Å². The molecule has 1 N–H and O–H groups in total. The third-order valence-corrected chi connectivity index (χ3v) is 7.65. The van der Waals surface area contributed by atoms with Gasteiger partial charge in [0.15, 0.2) is 0 Å². The predicted molar refractivity (Wildman–Crippen MR) is 152 cm³/mol. The lowest BCUT2D eigenvalue weighted by Crippen LogP contribution is -2.49. The Bertz CT molecular complexity index is 1210. The maximum Gasteiger partial charge on any atom is 0.322 e. The SMILES string of the molecule is Cc1ccccc1N1CCN(C(=O)c2csc(CN(C(=O)Nc3ccc(C(C)C)cc3)C(C)C)n2)CC1. The molecule has 0 atom stereocenters. The summed E-state index contributed by atoms with van der Waals surface area (Å²) in [4.78, 5) is 36.8. The van der Waals surface area contributed by atoms with E-state index in [1.54, 1.807) is 4.90 Å². The predicted octanol–water partition coefficient (Wildman–Crippen LogP) is 5.98. The summed E-state index contributed by atoms with van der Waals surface area (Å²) in [5.41, 5.74) is 4.93. The highest BCUT2D eigenvalue weighted by Crippen LogP contribution is 2.23. The number of urea groups is 1. The average Bonchev–Trinajstić information content (AvgIpc) is 3.36. The first-order chi connectivity index (χ1) is 17.7. The van der Waals surface area contributed by atoms with E-state index in [4.69, 9.17) is 0 Å². The van der Waals surface area contributed by atoms with Gasteiger partial charge in [0.2, 0.25) is 0 Å². The maximum absolute atomic E-state index is 13.2. The van der Waals surface area contributed by atoms with E-state index < -0.39 is 0 Å². The van der Waals surface area contributed by atoms with Crippen molar-refractivity contribution >= 4 is 34.6 Å². The maximum atomic E-state index is 13.2. The van der Waals surface area contributed by atoms with Crippen LogP contribution in [0.25, 0.3) is 0 Å². The number of thiazole rings is 1. The quantitative estimate of drug-likeness (QED) is 0.417. The molecule has 0 radical (unpaired) electrons. The van der Waals surface area contributed by atoms with Crippen molar-refractivity contribution in [2.75, 3.05) is 36.4 Å². The molecule has 0 bridgehead atoms. The molecule has 196 valence electrons. The van der Waals surface area contributed by atoms with Crippen molar-refractivity contribution in [3.8, 4) is 0 Å². The molecule has 1 aliphatic heterocycles. The summed E-state index contributed by atoms with van der Waals surface area (Å²) in [5.74, 6) is 0.397. The minimum Gasteiger partial charge on any atom is -0.368 e. The third-order valence-electron chi connectivity index (χ3n) is 6.81. The molecule has 2 heterocycles. The molecule has 3 aromatic rings. The summed E-state index contributed by atoms with van der Waals surface area (Å²) in [7, 11) is 0. The zero-order valence-corrected chi connectivity index (χ0v) is 23.2. The number of carbonyl (C=O) groups excluding carboxylic acids is 2. The minimum absolute atomic E-state index is 0.0208. The second kappa shape index (κ2) is 11.8. The first-order valence-corrected chi connectivity index (χ1v) is 13.8. The molecule has 1 aliphatic rings. The lowest BCUT2D eigenvalue weighted by atomic mass is 10.0. The summed E-state index contributed by atoms with van der Waals surface area (Å²) in [6.45, 7) is 13.6. The molecule has 7 nitrogen and oxygen atoms in total. The second-order valence-corrected chi connectivity index (χ2v) is 11.1. The molecule has 3 amide bonds. The van der Waals surface area contributed by atoms with Crippen LogP contribution in [0.1, 0.15) is 60.2 Å². The van der Waals surface area contributed by atoms with Crippen molar-refractivity contribution in [3.05, 3.63) is 75.7 Å². The van der Waals surface area contributed by atoms with Gasteiger partial charge in [-0.05, 0) is 56.0 Å². The van der Waals surface area contributed by atoms with Gasteiger partial charge in [-0.1, -0.05) is 44.2 Å². The summed E-state index contributed by atoms with van der Waals surface area (Å²) < 4.78 is 0. The fourth-order valence-electron chi connectivity index (χ4n) is 4.49. The Morgan fingerprint density at radius 3 is 2.30 bits per heavy atom. The number of para-hydroxylation sites is 1. The van der Waals surface area contributed by atoms with Gasteiger partial charge >= 0.3 is 6.03 Å². The van der Waals surface area contributed by atoms with Gasteiger partial charge in [-0.2, -0.15) is 0 Å². The molecule has 1 fully saturated rings.